The highest BCUT2D eigenvalue weighted by Gasteiger charge is 2.22. The lowest BCUT2D eigenvalue weighted by atomic mass is 10.1. The van der Waals surface area contributed by atoms with E-state index >= 15 is 0 Å². The number of benzene rings is 1. The molecule has 1 aliphatic heterocycles. The Kier molecular flexibility index (Phi) is 7.89. The molecule has 1 amide bonds. The lowest BCUT2D eigenvalue weighted by Gasteiger charge is -2.25. The number of hydrogen-bond donors (Lipinski definition) is 2. The van der Waals surface area contributed by atoms with Crippen LogP contribution in [0.1, 0.15) is 31.2 Å². The summed E-state index contributed by atoms with van der Waals surface area (Å²) in [5.74, 6) is -0.996. The number of carboxylic acids is 1. The fraction of sp³-hybridized carbons (Fsp3) is 0.579. The standard InChI is InChI=1S/C19H28N4O5/c1-14-16(6-3-7-17(14)23(27)28)20-18(24)9-12-22-10-4-5-15(8-11-22)21(2)13-19(25)26/h3,6-7,15H,4-5,8-13H2,1-2H3,(H,20,24)(H,25,26). The minimum Gasteiger partial charge on any atom is -0.480 e. The Morgan fingerprint density at radius 2 is 2.11 bits per heavy atom. The number of carbonyl (C=O) groups is 2. The van der Waals surface area contributed by atoms with Crippen molar-refractivity contribution < 1.29 is 19.6 Å². The second-order valence-electron chi connectivity index (χ2n) is 7.24. The van der Waals surface area contributed by atoms with Gasteiger partial charge >= 0.3 is 5.97 Å². The van der Waals surface area contributed by atoms with Crippen LogP contribution in [0.3, 0.4) is 0 Å². The summed E-state index contributed by atoms with van der Waals surface area (Å²) >= 11 is 0. The minimum atomic E-state index is -0.822. The molecule has 0 spiro atoms. The zero-order valence-corrected chi connectivity index (χ0v) is 16.4. The van der Waals surface area contributed by atoms with Crippen molar-refractivity contribution in [2.24, 2.45) is 0 Å². The highest BCUT2D eigenvalue weighted by atomic mass is 16.6. The van der Waals surface area contributed by atoms with E-state index in [0.717, 1.165) is 32.4 Å². The number of nitrogens with zero attached hydrogens (tertiary/aromatic N) is 3. The summed E-state index contributed by atoms with van der Waals surface area (Å²) in [5, 5.41) is 22.7. The number of likely N-dealkylation sites (N-methyl/N-ethyl adjacent to an activating group) is 1. The molecule has 1 aromatic rings. The van der Waals surface area contributed by atoms with Gasteiger partial charge in [-0.1, -0.05) is 6.07 Å². The Hall–Kier alpha value is -2.52. The van der Waals surface area contributed by atoms with Crippen molar-refractivity contribution in [2.75, 3.05) is 38.5 Å². The first-order chi connectivity index (χ1) is 13.3. The number of nitro groups is 1. The molecule has 0 aromatic heterocycles. The summed E-state index contributed by atoms with van der Waals surface area (Å²) in [6.45, 7) is 3.96. The number of hydrogen-bond acceptors (Lipinski definition) is 6. The topological polar surface area (TPSA) is 116 Å². The third-order valence-electron chi connectivity index (χ3n) is 5.23. The molecule has 9 nitrogen and oxygen atoms in total. The molecule has 1 aliphatic rings. The van der Waals surface area contributed by atoms with E-state index < -0.39 is 10.9 Å². The number of rotatable bonds is 8. The molecule has 1 saturated heterocycles. The number of nitrogens with one attached hydrogen (secondary N) is 1. The van der Waals surface area contributed by atoms with Gasteiger partial charge in [-0.05, 0) is 52.4 Å². The van der Waals surface area contributed by atoms with E-state index in [4.69, 9.17) is 5.11 Å². The summed E-state index contributed by atoms with van der Waals surface area (Å²) in [7, 11) is 1.84. The summed E-state index contributed by atoms with van der Waals surface area (Å²) in [6, 6.07) is 4.88. The number of carbonyl (C=O) groups excluding carboxylic acids is 1. The largest absolute Gasteiger partial charge is 0.480 e. The highest BCUT2D eigenvalue weighted by Crippen LogP contribution is 2.25. The molecular weight excluding hydrogens is 364 g/mol. The third kappa shape index (κ3) is 6.28. The van der Waals surface area contributed by atoms with Gasteiger partial charge in [0.25, 0.3) is 5.69 Å². The van der Waals surface area contributed by atoms with E-state index in [1.807, 2.05) is 11.9 Å². The molecule has 0 saturated carbocycles. The normalized spacial score (nSPS) is 17.9. The van der Waals surface area contributed by atoms with Crippen molar-refractivity contribution in [2.45, 2.75) is 38.6 Å². The van der Waals surface area contributed by atoms with E-state index in [9.17, 15) is 19.7 Å². The third-order valence-corrected chi connectivity index (χ3v) is 5.23. The van der Waals surface area contributed by atoms with Crippen LogP contribution in [-0.2, 0) is 9.59 Å². The first-order valence-corrected chi connectivity index (χ1v) is 9.46. The molecule has 2 rings (SSSR count). The van der Waals surface area contributed by atoms with Crippen molar-refractivity contribution in [3.63, 3.8) is 0 Å². The summed E-state index contributed by atoms with van der Waals surface area (Å²) in [6.07, 6.45) is 3.08. The van der Waals surface area contributed by atoms with Gasteiger partial charge in [0.05, 0.1) is 22.7 Å². The number of anilines is 1. The number of amides is 1. The maximum Gasteiger partial charge on any atom is 0.317 e. The molecule has 1 heterocycles. The fourth-order valence-electron chi connectivity index (χ4n) is 3.57. The van der Waals surface area contributed by atoms with Crippen LogP contribution in [0, 0.1) is 17.0 Å². The number of likely N-dealkylation sites (tertiary alicyclic amines) is 1. The van der Waals surface area contributed by atoms with Gasteiger partial charge in [-0.25, -0.2) is 0 Å². The zero-order chi connectivity index (χ0) is 20.7. The Labute approximate surface area is 164 Å². The molecule has 0 bridgehead atoms. The number of nitro benzene ring substituents is 1. The van der Waals surface area contributed by atoms with Gasteiger partial charge in [0.15, 0.2) is 0 Å². The summed E-state index contributed by atoms with van der Waals surface area (Å²) in [4.78, 5) is 37.8. The van der Waals surface area contributed by atoms with E-state index in [0.29, 0.717) is 24.2 Å². The molecule has 0 aliphatic carbocycles. The highest BCUT2D eigenvalue weighted by molar-refractivity contribution is 5.92. The molecule has 1 atom stereocenters. The SMILES string of the molecule is Cc1c(NC(=O)CCN2CCCC(N(C)CC(=O)O)CC2)cccc1[N+](=O)[O-]. The van der Waals surface area contributed by atoms with Crippen LogP contribution in [0.25, 0.3) is 0 Å². The van der Waals surface area contributed by atoms with E-state index in [-0.39, 0.29) is 24.2 Å². The lowest BCUT2D eigenvalue weighted by Crippen LogP contribution is -2.36. The van der Waals surface area contributed by atoms with Gasteiger partial charge in [0, 0.05) is 25.1 Å². The smallest absolute Gasteiger partial charge is 0.317 e. The van der Waals surface area contributed by atoms with Gasteiger partial charge in [0.1, 0.15) is 0 Å². The van der Waals surface area contributed by atoms with Gasteiger partial charge in [-0.2, -0.15) is 0 Å². The van der Waals surface area contributed by atoms with Crippen LogP contribution in [0.2, 0.25) is 0 Å². The van der Waals surface area contributed by atoms with Crippen LogP contribution in [0.5, 0.6) is 0 Å². The predicted molar refractivity (Wildman–Crippen MR) is 105 cm³/mol. The van der Waals surface area contributed by atoms with Gasteiger partial charge in [-0.3, -0.25) is 24.6 Å². The van der Waals surface area contributed by atoms with Gasteiger partial charge in [0.2, 0.25) is 5.91 Å². The number of aliphatic carboxylic acids is 1. The molecule has 154 valence electrons. The number of carboxylic acid groups (broad SMARTS) is 1. The molecule has 1 unspecified atom stereocenters. The van der Waals surface area contributed by atoms with Crippen LogP contribution in [0.15, 0.2) is 18.2 Å². The Morgan fingerprint density at radius 3 is 2.79 bits per heavy atom. The molecule has 2 N–H and O–H groups in total. The van der Waals surface area contributed by atoms with E-state index in [2.05, 4.69) is 10.2 Å². The molecule has 0 radical (unpaired) electrons. The molecule has 1 aromatic carbocycles. The van der Waals surface area contributed by atoms with Crippen molar-refractivity contribution in [3.05, 3.63) is 33.9 Å². The fourth-order valence-corrected chi connectivity index (χ4v) is 3.57. The summed E-state index contributed by atoms with van der Waals surface area (Å²) < 4.78 is 0. The molecule has 1 fully saturated rings. The maximum absolute atomic E-state index is 12.3. The van der Waals surface area contributed by atoms with Crippen molar-refractivity contribution in [1.82, 2.24) is 9.80 Å². The zero-order valence-electron chi connectivity index (χ0n) is 16.4. The first-order valence-electron chi connectivity index (χ1n) is 9.46. The average Bonchev–Trinajstić information content (AvgIpc) is 2.86. The molecule has 28 heavy (non-hydrogen) atoms. The van der Waals surface area contributed by atoms with Gasteiger partial charge < -0.3 is 15.3 Å². The predicted octanol–water partition coefficient (Wildman–Crippen LogP) is 2.10. The van der Waals surface area contributed by atoms with Gasteiger partial charge in [-0.15, -0.1) is 0 Å². The van der Waals surface area contributed by atoms with E-state index in [1.54, 1.807) is 19.1 Å². The Bertz CT molecular complexity index is 724. The maximum atomic E-state index is 12.3. The van der Waals surface area contributed by atoms with Crippen LogP contribution >= 0.6 is 0 Å². The summed E-state index contributed by atoms with van der Waals surface area (Å²) in [5.41, 5.74) is 0.896. The quantitative estimate of drug-likeness (QED) is 0.514. The van der Waals surface area contributed by atoms with Crippen LogP contribution in [-0.4, -0.2) is 71.0 Å². The Balaban J connectivity index is 1.83. The van der Waals surface area contributed by atoms with Crippen molar-refractivity contribution in [3.8, 4) is 0 Å². The average molecular weight is 392 g/mol. The van der Waals surface area contributed by atoms with Crippen LogP contribution < -0.4 is 5.32 Å². The van der Waals surface area contributed by atoms with E-state index in [1.165, 1.54) is 6.07 Å². The molecular formula is C19H28N4O5. The van der Waals surface area contributed by atoms with Crippen molar-refractivity contribution in [1.29, 1.82) is 0 Å². The van der Waals surface area contributed by atoms with Crippen LogP contribution in [0.4, 0.5) is 11.4 Å². The second kappa shape index (κ2) is 10.1. The molecule has 9 heteroatoms. The second-order valence-corrected chi connectivity index (χ2v) is 7.24. The Morgan fingerprint density at radius 1 is 1.36 bits per heavy atom. The minimum absolute atomic E-state index is 0.0122. The van der Waals surface area contributed by atoms with Crippen molar-refractivity contribution >= 4 is 23.3 Å². The first kappa shape index (κ1) is 21.8. The lowest BCUT2D eigenvalue weighted by molar-refractivity contribution is -0.385. The monoisotopic (exact) mass is 392 g/mol.